The fourth-order valence-electron chi connectivity index (χ4n) is 17.4. The normalized spacial score (nSPS) is 13.4. The summed E-state index contributed by atoms with van der Waals surface area (Å²) in [6.45, 7) is 35.2. The van der Waals surface area contributed by atoms with Crippen LogP contribution < -0.4 is 26.2 Å². The second-order valence-corrected chi connectivity index (χ2v) is 35.4. The number of hydrogen-bond acceptors (Lipinski definition) is 2. The Bertz CT molecular complexity index is 5990. The van der Waals surface area contributed by atoms with Gasteiger partial charge in [-0.2, -0.15) is 0 Å². The summed E-state index contributed by atoms with van der Waals surface area (Å²) in [5, 5.41) is 10.2. The molecule has 0 amide bonds. The van der Waals surface area contributed by atoms with Gasteiger partial charge >= 0.3 is 0 Å². The van der Waals surface area contributed by atoms with Crippen molar-refractivity contribution in [3.63, 3.8) is 0 Å². The van der Waals surface area contributed by atoms with E-state index in [0.717, 1.165) is 28.4 Å². The van der Waals surface area contributed by atoms with E-state index in [-0.39, 0.29) is 33.8 Å². The SMILES string of the molecule is CC(C)(C)c1cc(-c2ccccc2)c(N2c3cc(-c4ccc5ccc6cccc7ccc4c5c67)ccc3B3c4ccc(-n5c6ccc(C(C)(C)C)cc6c6cc(C(C)(C)C)ccc65)cc4N(c4c(-c5ccccc5)cc(C(C)(C)C)cc4-c4ccccc4)c4cc(C(C)(C)C)cc2c43)c(-c2ccccc2)c1. The number of rotatable bonds is 8. The molecule has 0 N–H and O–H groups in total. The molecule has 2 aliphatic rings. The molecule has 15 aromatic carbocycles. The van der Waals surface area contributed by atoms with Gasteiger partial charge in [-0.15, -0.1) is 0 Å². The Morgan fingerprint density at radius 3 is 1.05 bits per heavy atom. The minimum Gasteiger partial charge on any atom is -0.310 e. The predicted molar refractivity (Wildman–Crippen MR) is 459 cm³/mol. The van der Waals surface area contributed by atoms with Crippen molar-refractivity contribution >= 4 is 111 Å². The third-order valence-corrected chi connectivity index (χ3v) is 23.3. The Kier molecular flexibility index (Phi) is 15.2. The van der Waals surface area contributed by atoms with Gasteiger partial charge in [0.25, 0.3) is 6.71 Å². The fraction of sp³-hybridized carbons (Fsp3) is 0.196. The third kappa shape index (κ3) is 10.9. The van der Waals surface area contributed by atoms with Crippen molar-refractivity contribution in [1.82, 2.24) is 4.57 Å². The van der Waals surface area contributed by atoms with Crippen molar-refractivity contribution in [2.45, 2.75) is 131 Å². The molecule has 0 fully saturated rings. The van der Waals surface area contributed by atoms with E-state index in [1.54, 1.807) is 0 Å². The molecule has 18 rings (SSSR count). The highest BCUT2D eigenvalue weighted by Gasteiger charge is 2.47. The molecule has 0 radical (unpaired) electrons. The molecular weight excluding hydrogens is 1280 g/mol. The molecule has 0 unspecified atom stereocenters. The van der Waals surface area contributed by atoms with Crippen LogP contribution in [0.5, 0.6) is 0 Å². The van der Waals surface area contributed by atoms with Crippen LogP contribution in [-0.2, 0) is 27.1 Å². The summed E-state index contributed by atoms with van der Waals surface area (Å²) in [7, 11) is 0. The largest absolute Gasteiger partial charge is 0.310 e. The monoisotopic (exact) mass is 1370 g/mol. The summed E-state index contributed by atoms with van der Waals surface area (Å²) in [4.78, 5) is 5.51. The van der Waals surface area contributed by atoms with Crippen LogP contribution in [0.3, 0.4) is 0 Å². The molecule has 518 valence electrons. The Hall–Kier alpha value is -11.2. The highest BCUT2D eigenvalue weighted by Crippen LogP contribution is 2.56. The van der Waals surface area contributed by atoms with Crippen LogP contribution in [-0.4, -0.2) is 11.3 Å². The smallest absolute Gasteiger partial charge is 0.252 e. The van der Waals surface area contributed by atoms with Gasteiger partial charge in [-0.05, 0) is 216 Å². The zero-order chi connectivity index (χ0) is 73.3. The van der Waals surface area contributed by atoms with Crippen LogP contribution in [0, 0.1) is 0 Å². The molecule has 0 atom stereocenters. The molecule has 0 bridgehead atoms. The van der Waals surface area contributed by atoms with Gasteiger partial charge in [0, 0.05) is 61.5 Å². The Morgan fingerprint density at radius 2 is 0.623 bits per heavy atom. The van der Waals surface area contributed by atoms with Crippen molar-refractivity contribution in [2.24, 2.45) is 0 Å². The molecule has 4 heteroatoms. The van der Waals surface area contributed by atoms with Gasteiger partial charge in [0.1, 0.15) is 0 Å². The molecule has 2 aliphatic heterocycles. The van der Waals surface area contributed by atoms with E-state index in [0.29, 0.717) is 0 Å². The molecule has 0 saturated carbocycles. The lowest BCUT2D eigenvalue weighted by molar-refractivity contribution is 0.590. The van der Waals surface area contributed by atoms with Crippen molar-refractivity contribution in [1.29, 1.82) is 0 Å². The Morgan fingerprint density at radius 1 is 0.245 bits per heavy atom. The topological polar surface area (TPSA) is 11.4 Å². The lowest BCUT2D eigenvalue weighted by Gasteiger charge is -2.47. The average Bonchev–Trinajstić information content (AvgIpc) is 0.783. The number of fused-ring (bicyclic) bond motifs is 7. The van der Waals surface area contributed by atoms with Crippen LogP contribution >= 0.6 is 0 Å². The van der Waals surface area contributed by atoms with Crippen LogP contribution in [0.25, 0.3) is 115 Å². The molecule has 0 aliphatic carbocycles. The maximum absolute atomic E-state index is 2.75. The van der Waals surface area contributed by atoms with Crippen molar-refractivity contribution in [3.05, 3.63) is 313 Å². The minimum atomic E-state index is -0.327. The lowest BCUT2D eigenvalue weighted by atomic mass is 9.33. The van der Waals surface area contributed by atoms with Crippen LogP contribution in [0.2, 0.25) is 0 Å². The van der Waals surface area contributed by atoms with Gasteiger partial charge in [0.2, 0.25) is 0 Å². The average molecular weight is 1370 g/mol. The van der Waals surface area contributed by atoms with Crippen molar-refractivity contribution in [3.8, 4) is 61.3 Å². The predicted octanol–water partition coefficient (Wildman–Crippen LogP) is 26.6. The van der Waals surface area contributed by atoms with Gasteiger partial charge < -0.3 is 14.4 Å². The van der Waals surface area contributed by atoms with E-state index < -0.39 is 0 Å². The molecule has 106 heavy (non-hydrogen) atoms. The molecule has 0 saturated heterocycles. The number of benzene rings is 15. The summed E-state index contributed by atoms with van der Waals surface area (Å²) in [5.41, 5.74) is 31.6. The van der Waals surface area contributed by atoms with Crippen molar-refractivity contribution < 1.29 is 0 Å². The van der Waals surface area contributed by atoms with Gasteiger partial charge in [-0.3, -0.25) is 0 Å². The summed E-state index contributed by atoms with van der Waals surface area (Å²) < 4.78 is 2.57. The van der Waals surface area contributed by atoms with Gasteiger partial charge in [-0.1, -0.05) is 310 Å². The van der Waals surface area contributed by atoms with Crippen LogP contribution in [0.15, 0.2) is 285 Å². The maximum Gasteiger partial charge on any atom is 0.252 e. The second-order valence-electron chi connectivity index (χ2n) is 35.4. The first-order valence-electron chi connectivity index (χ1n) is 38.2. The summed E-state index contributed by atoms with van der Waals surface area (Å²) in [5.74, 6) is 0. The second kappa shape index (κ2) is 24.2. The Labute approximate surface area is 626 Å². The minimum absolute atomic E-state index is 0.0547. The highest BCUT2D eigenvalue weighted by atomic mass is 15.2. The first-order valence-corrected chi connectivity index (χ1v) is 38.2. The summed E-state index contributed by atoms with van der Waals surface area (Å²) in [6.07, 6.45) is 0. The highest BCUT2D eigenvalue weighted by molar-refractivity contribution is 7.00. The summed E-state index contributed by atoms with van der Waals surface area (Å²) in [6, 6.07) is 111. The number of anilines is 6. The van der Waals surface area contributed by atoms with Gasteiger partial charge in [-0.25, -0.2) is 0 Å². The first-order chi connectivity index (χ1) is 50.7. The molecule has 16 aromatic rings. The van der Waals surface area contributed by atoms with E-state index in [1.165, 1.54) is 165 Å². The quantitative estimate of drug-likeness (QED) is 0.111. The van der Waals surface area contributed by atoms with E-state index in [4.69, 9.17) is 0 Å². The number of nitrogens with zero attached hydrogens (tertiary/aromatic N) is 3. The number of hydrogen-bond donors (Lipinski definition) is 0. The fourth-order valence-corrected chi connectivity index (χ4v) is 17.4. The zero-order valence-electron chi connectivity index (χ0n) is 64.1. The van der Waals surface area contributed by atoms with E-state index in [9.17, 15) is 0 Å². The molecule has 0 spiro atoms. The molecule has 3 heterocycles. The zero-order valence-corrected chi connectivity index (χ0v) is 64.1. The molecule has 3 nitrogen and oxygen atoms in total. The van der Waals surface area contributed by atoms with E-state index >= 15 is 0 Å². The summed E-state index contributed by atoms with van der Waals surface area (Å²) >= 11 is 0. The van der Waals surface area contributed by atoms with E-state index in [1.807, 2.05) is 0 Å². The van der Waals surface area contributed by atoms with Gasteiger partial charge in [0.15, 0.2) is 0 Å². The molecular formula is C102H92BN3. The van der Waals surface area contributed by atoms with Gasteiger partial charge in [0.05, 0.1) is 22.4 Å². The number of aromatic nitrogens is 1. The standard InChI is InChI=1S/C102H92BN3/c1-98(2,3)71-44-51-87-83(54-71)84-55-72(99(4,5)6)45-52-88(84)104(87)76-46-50-86-90(62-76)106(97-81(65-33-24-18-25-34-65)58-74(101(10,11)12)59-82(97)66-35-26-19-27-36-66)92-61-75(102(13,14)15)60-91-95(92)103(86)85-49-43-70(77-47-41-69-40-39-67-37-28-38-68-42-48-78(77)94(69)93(67)68)53-89(85)105(91)96-79(63-29-20-16-21-30-63)56-73(100(7,8)9)57-80(96)64-31-22-17-23-32-64/h16-62H,1-15H3. The molecule has 1 aromatic heterocycles. The van der Waals surface area contributed by atoms with Crippen LogP contribution in [0.4, 0.5) is 34.1 Å². The maximum atomic E-state index is 2.75. The van der Waals surface area contributed by atoms with E-state index in [2.05, 4.69) is 403 Å². The third-order valence-electron chi connectivity index (χ3n) is 23.3. The van der Waals surface area contributed by atoms with Crippen LogP contribution in [0.1, 0.15) is 132 Å². The Balaban J connectivity index is 1.02. The first kappa shape index (κ1) is 66.7. The lowest BCUT2D eigenvalue weighted by Crippen LogP contribution is -2.61. The van der Waals surface area contributed by atoms with Crippen molar-refractivity contribution in [2.75, 3.05) is 9.80 Å².